The maximum Gasteiger partial charge on any atom is 0.331 e. The lowest BCUT2D eigenvalue weighted by molar-refractivity contribution is -0.148. The molecule has 0 saturated heterocycles. The van der Waals surface area contributed by atoms with Crippen LogP contribution in [0, 0.1) is 0 Å². The van der Waals surface area contributed by atoms with Crippen LogP contribution in [0.4, 0.5) is 0 Å². The van der Waals surface area contributed by atoms with Gasteiger partial charge in [-0.25, -0.2) is 4.79 Å². The first-order chi connectivity index (χ1) is 7.04. The molecule has 0 bridgehead atoms. The molecule has 1 unspecified atom stereocenters. The Balaban J connectivity index is 3.04. The SMILES string of the molecule is CC(=O)N(C)C(C(=O)O)c1cccnc1. The molecule has 1 rings (SSSR count). The number of hydrogen-bond acceptors (Lipinski definition) is 3. The minimum atomic E-state index is -1.07. The number of rotatable bonds is 3. The van der Waals surface area contributed by atoms with Crippen molar-refractivity contribution in [3.63, 3.8) is 0 Å². The summed E-state index contributed by atoms with van der Waals surface area (Å²) in [5.41, 5.74) is 0.489. The highest BCUT2D eigenvalue weighted by Crippen LogP contribution is 2.18. The number of carbonyl (C=O) groups is 2. The zero-order valence-corrected chi connectivity index (χ0v) is 8.54. The van der Waals surface area contributed by atoms with Gasteiger partial charge < -0.3 is 10.0 Å². The molecule has 15 heavy (non-hydrogen) atoms. The molecule has 0 aliphatic heterocycles. The Morgan fingerprint density at radius 3 is 2.60 bits per heavy atom. The van der Waals surface area contributed by atoms with Crippen LogP contribution in [0.25, 0.3) is 0 Å². The minimum Gasteiger partial charge on any atom is -0.479 e. The Bertz CT molecular complexity index is 364. The first kappa shape index (κ1) is 11.2. The van der Waals surface area contributed by atoms with Gasteiger partial charge in [-0.3, -0.25) is 9.78 Å². The predicted octanol–water partition coefficient (Wildman–Crippen LogP) is 0.686. The number of aliphatic carboxylic acids is 1. The van der Waals surface area contributed by atoms with Crippen LogP contribution in [-0.2, 0) is 9.59 Å². The lowest BCUT2D eigenvalue weighted by Crippen LogP contribution is -2.34. The van der Waals surface area contributed by atoms with Crippen LogP contribution in [-0.4, -0.2) is 33.9 Å². The highest BCUT2D eigenvalue weighted by atomic mass is 16.4. The van der Waals surface area contributed by atoms with Gasteiger partial charge in [0.25, 0.3) is 0 Å². The Labute approximate surface area is 87.4 Å². The molecule has 0 aliphatic rings. The lowest BCUT2D eigenvalue weighted by Gasteiger charge is -2.23. The monoisotopic (exact) mass is 208 g/mol. The van der Waals surface area contributed by atoms with E-state index in [0.29, 0.717) is 5.56 Å². The zero-order valence-electron chi connectivity index (χ0n) is 8.54. The summed E-state index contributed by atoms with van der Waals surface area (Å²) in [6.07, 6.45) is 2.99. The Hall–Kier alpha value is -1.91. The Morgan fingerprint density at radius 2 is 2.20 bits per heavy atom. The van der Waals surface area contributed by atoms with Gasteiger partial charge in [-0.1, -0.05) is 6.07 Å². The van der Waals surface area contributed by atoms with Crippen molar-refractivity contribution in [2.75, 3.05) is 7.05 Å². The Kier molecular flexibility index (Phi) is 3.38. The largest absolute Gasteiger partial charge is 0.479 e. The van der Waals surface area contributed by atoms with E-state index in [-0.39, 0.29) is 5.91 Å². The molecule has 80 valence electrons. The number of likely N-dealkylation sites (N-methyl/N-ethyl adjacent to an activating group) is 1. The molecule has 5 nitrogen and oxygen atoms in total. The number of carbonyl (C=O) groups excluding carboxylic acids is 1. The third-order valence-corrected chi connectivity index (χ3v) is 2.12. The summed E-state index contributed by atoms with van der Waals surface area (Å²) in [6.45, 7) is 1.33. The van der Waals surface area contributed by atoms with Gasteiger partial charge >= 0.3 is 5.97 Å². The molecular weight excluding hydrogens is 196 g/mol. The highest BCUT2D eigenvalue weighted by Gasteiger charge is 2.26. The molecule has 0 radical (unpaired) electrons. The topological polar surface area (TPSA) is 70.5 Å². The van der Waals surface area contributed by atoms with Crippen LogP contribution in [0.3, 0.4) is 0 Å². The number of carboxylic acids is 1. The van der Waals surface area contributed by atoms with Crippen LogP contribution < -0.4 is 0 Å². The van der Waals surface area contributed by atoms with Gasteiger partial charge in [0.2, 0.25) is 5.91 Å². The molecular formula is C10H12N2O3. The summed E-state index contributed by atoms with van der Waals surface area (Å²) < 4.78 is 0. The summed E-state index contributed by atoms with van der Waals surface area (Å²) in [5, 5.41) is 9.02. The summed E-state index contributed by atoms with van der Waals surface area (Å²) in [4.78, 5) is 27.1. The highest BCUT2D eigenvalue weighted by molar-refractivity contribution is 5.83. The summed E-state index contributed by atoms with van der Waals surface area (Å²) in [6, 6.07) is 2.29. The van der Waals surface area contributed by atoms with Gasteiger partial charge in [-0.05, 0) is 6.07 Å². The molecule has 1 N–H and O–H groups in total. The number of nitrogens with zero attached hydrogens (tertiary/aromatic N) is 2. The van der Waals surface area contributed by atoms with Crippen molar-refractivity contribution in [3.05, 3.63) is 30.1 Å². The first-order valence-electron chi connectivity index (χ1n) is 4.40. The van der Waals surface area contributed by atoms with E-state index in [4.69, 9.17) is 5.11 Å². The smallest absolute Gasteiger partial charge is 0.331 e. The first-order valence-corrected chi connectivity index (χ1v) is 4.40. The van der Waals surface area contributed by atoms with E-state index >= 15 is 0 Å². The van der Waals surface area contributed by atoms with Crippen molar-refractivity contribution < 1.29 is 14.7 Å². The van der Waals surface area contributed by atoms with Crippen LogP contribution >= 0.6 is 0 Å². The maximum absolute atomic E-state index is 11.1. The number of hydrogen-bond donors (Lipinski definition) is 1. The van der Waals surface area contributed by atoms with Crippen LogP contribution in [0.1, 0.15) is 18.5 Å². The molecule has 0 aliphatic carbocycles. The van der Waals surface area contributed by atoms with Crippen molar-refractivity contribution in [3.8, 4) is 0 Å². The third-order valence-electron chi connectivity index (χ3n) is 2.12. The van der Waals surface area contributed by atoms with Crippen molar-refractivity contribution in [1.82, 2.24) is 9.88 Å². The van der Waals surface area contributed by atoms with Crippen molar-refractivity contribution in [1.29, 1.82) is 0 Å². The summed E-state index contributed by atoms with van der Waals surface area (Å²) in [5.74, 6) is -1.37. The van der Waals surface area contributed by atoms with Gasteiger partial charge in [0.15, 0.2) is 6.04 Å². The van der Waals surface area contributed by atoms with E-state index < -0.39 is 12.0 Å². The second kappa shape index (κ2) is 4.54. The van der Waals surface area contributed by atoms with Crippen LogP contribution in [0.2, 0.25) is 0 Å². The van der Waals surface area contributed by atoms with Gasteiger partial charge in [-0.2, -0.15) is 0 Å². The molecule has 1 aromatic rings. The van der Waals surface area contributed by atoms with E-state index in [1.54, 1.807) is 18.3 Å². The molecule has 0 spiro atoms. The zero-order chi connectivity index (χ0) is 11.4. The number of carboxylic acid groups (broad SMARTS) is 1. The lowest BCUT2D eigenvalue weighted by atomic mass is 10.1. The fourth-order valence-electron chi connectivity index (χ4n) is 1.25. The fraction of sp³-hybridized carbons (Fsp3) is 0.300. The van der Waals surface area contributed by atoms with Gasteiger partial charge in [-0.15, -0.1) is 0 Å². The molecule has 0 saturated carbocycles. The number of pyridine rings is 1. The molecule has 0 fully saturated rings. The summed E-state index contributed by atoms with van der Waals surface area (Å²) >= 11 is 0. The van der Waals surface area contributed by atoms with E-state index in [2.05, 4.69) is 4.98 Å². The third kappa shape index (κ3) is 2.52. The minimum absolute atomic E-state index is 0.300. The number of aromatic nitrogens is 1. The second-order valence-electron chi connectivity index (χ2n) is 3.16. The van der Waals surface area contributed by atoms with Crippen LogP contribution in [0.15, 0.2) is 24.5 Å². The van der Waals surface area contributed by atoms with E-state index in [9.17, 15) is 9.59 Å². The summed E-state index contributed by atoms with van der Waals surface area (Å²) in [7, 11) is 1.45. The van der Waals surface area contributed by atoms with Crippen molar-refractivity contribution in [2.24, 2.45) is 0 Å². The maximum atomic E-state index is 11.1. The van der Waals surface area contributed by atoms with E-state index in [1.165, 1.54) is 25.1 Å². The molecule has 5 heteroatoms. The van der Waals surface area contributed by atoms with Gasteiger partial charge in [0.1, 0.15) is 0 Å². The van der Waals surface area contributed by atoms with Gasteiger partial charge in [0.05, 0.1) is 0 Å². The van der Waals surface area contributed by atoms with E-state index in [0.717, 1.165) is 0 Å². The van der Waals surface area contributed by atoms with Gasteiger partial charge in [0, 0.05) is 31.9 Å². The van der Waals surface area contributed by atoms with E-state index in [1.807, 2.05) is 0 Å². The van der Waals surface area contributed by atoms with Crippen molar-refractivity contribution >= 4 is 11.9 Å². The quantitative estimate of drug-likeness (QED) is 0.793. The predicted molar refractivity (Wildman–Crippen MR) is 53.1 cm³/mol. The average Bonchev–Trinajstić information content (AvgIpc) is 2.18. The van der Waals surface area contributed by atoms with Crippen molar-refractivity contribution in [2.45, 2.75) is 13.0 Å². The molecule has 1 amide bonds. The van der Waals surface area contributed by atoms with Crippen LogP contribution in [0.5, 0.6) is 0 Å². The second-order valence-corrected chi connectivity index (χ2v) is 3.16. The average molecular weight is 208 g/mol. The Morgan fingerprint density at radius 1 is 1.53 bits per heavy atom. The number of amides is 1. The fourth-order valence-corrected chi connectivity index (χ4v) is 1.25. The molecule has 0 aromatic carbocycles. The standard InChI is InChI=1S/C10H12N2O3/c1-7(13)12(2)9(10(14)15)8-4-3-5-11-6-8/h3-6,9H,1-2H3,(H,14,15). The molecule has 1 aromatic heterocycles. The molecule has 1 atom stereocenters. The molecule has 1 heterocycles. The normalized spacial score (nSPS) is 11.9.